The van der Waals surface area contributed by atoms with E-state index in [1.54, 1.807) is 37.5 Å². The van der Waals surface area contributed by atoms with Crippen molar-refractivity contribution in [3.63, 3.8) is 0 Å². The van der Waals surface area contributed by atoms with Crippen LogP contribution in [0.15, 0.2) is 60.0 Å². The lowest BCUT2D eigenvalue weighted by Crippen LogP contribution is -2.15. The maximum atomic E-state index is 12.3. The van der Waals surface area contributed by atoms with Gasteiger partial charge in [-0.3, -0.25) is 4.79 Å². The summed E-state index contributed by atoms with van der Waals surface area (Å²) in [5.41, 5.74) is 3.00. The largest absolute Gasteiger partial charge is 0.462 e. The van der Waals surface area contributed by atoms with E-state index in [9.17, 15) is 9.59 Å². The quantitative estimate of drug-likeness (QED) is 0.325. The first kappa shape index (κ1) is 21.6. The van der Waals surface area contributed by atoms with Crippen LogP contribution in [0.1, 0.15) is 23.1 Å². The highest BCUT2D eigenvalue weighted by atomic mass is 32.2. The number of carbonyl (C=O) groups excluding carboxylic acids is 2. The van der Waals surface area contributed by atoms with E-state index in [0.717, 1.165) is 16.9 Å². The number of para-hydroxylation sites is 2. The molecule has 0 saturated heterocycles. The number of nitrogens with zero attached hydrogens (tertiary/aromatic N) is 5. The first-order valence-corrected chi connectivity index (χ1v) is 11.0. The number of aromatic nitrogens is 5. The summed E-state index contributed by atoms with van der Waals surface area (Å²) in [6.45, 7) is 2.60. The van der Waals surface area contributed by atoms with Gasteiger partial charge in [0.1, 0.15) is 0 Å². The van der Waals surface area contributed by atoms with Crippen LogP contribution < -0.4 is 5.32 Å². The molecular weight excluding hydrogens is 428 g/mol. The van der Waals surface area contributed by atoms with Gasteiger partial charge in [0.2, 0.25) is 5.91 Å². The summed E-state index contributed by atoms with van der Waals surface area (Å²) in [6, 6.07) is 14.5. The van der Waals surface area contributed by atoms with Gasteiger partial charge in [-0.1, -0.05) is 23.9 Å². The van der Waals surface area contributed by atoms with Crippen LogP contribution in [0.25, 0.3) is 11.0 Å². The van der Waals surface area contributed by atoms with Crippen LogP contribution in [0.4, 0.5) is 5.69 Å². The van der Waals surface area contributed by atoms with Crippen molar-refractivity contribution < 1.29 is 14.3 Å². The molecule has 2 aromatic heterocycles. The van der Waals surface area contributed by atoms with Crippen LogP contribution in [0, 0.1) is 0 Å². The van der Waals surface area contributed by atoms with Crippen molar-refractivity contribution in [1.82, 2.24) is 24.3 Å². The summed E-state index contributed by atoms with van der Waals surface area (Å²) >= 11 is 1.30. The van der Waals surface area contributed by atoms with Crippen LogP contribution in [-0.4, -0.2) is 48.6 Å². The zero-order valence-electron chi connectivity index (χ0n) is 17.7. The molecule has 0 aliphatic carbocycles. The number of benzene rings is 2. The van der Waals surface area contributed by atoms with Crippen molar-refractivity contribution in [3.8, 4) is 0 Å². The Morgan fingerprint density at radius 1 is 1.09 bits per heavy atom. The zero-order valence-corrected chi connectivity index (χ0v) is 18.5. The third-order valence-electron chi connectivity index (χ3n) is 4.78. The Morgan fingerprint density at radius 3 is 2.66 bits per heavy atom. The van der Waals surface area contributed by atoms with Crippen LogP contribution in [0.5, 0.6) is 0 Å². The van der Waals surface area contributed by atoms with E-state index in [1.807, 2.05) is 40.4 Å². The normalized spacial score (nSPS) is 10.9. The van der Waals surface area contributed by atoms with Crippen molar-refractivity contribution in [2.45, 2.75) is 18.6 Å². The predicted octanol–water partition coefficient (Wildman–Crippen LogP) is 3.12. The second kappa shape index (κ2) is 9.65. The fourth-order valence-corrected chi connectivity index (χ4v) is 3.86. The molecule has 1 amide bonds. The summed E-state index contributed by atoms with van der Waals surface area (Å²) in [5.74, 6) is 0.386. The molecule has 1 N–H and O–H groups in total. The van der Waals surface area contributed by atoms with Gasteiger partial charge in [0.15, 0.2) is 11.0 Å². The monoisotopic (exact) mass is 450 g/mol. The Morgan fingerprint density at radius 2 is 1.88 bits per heavy atom. The lowest BCUT2D eigenvalue weighted by atomic mass is 10.2. The summed E-state index contributed by atoms with van der Waals surface area (Å²) in [6.07, 6.45) is 1.78. The maximum Gasteiger partial charge on any atom is 0.338 e. The average molecular weight is 451 g/mol. The van der Waals surface area contributed by atoms with E-state index in [4.69, 9.17) is 4.74 Å². The van der Waals surface area contributed by atoms with Crippen molar-refractivity contribution in [1.29, 1.82) is 0 Å². The van der Waals surface area contributed by atoms with Gasteiger partial charge in [-0.2, -0.15) is 0 Å². The zero-order chi connectivity index (χ0) is 22.5. The number of rotatable bonds is 8. The number of imidazole rings is 1. The van der Waals surface area contributed by atoms with E-state index in [1.165, 1.54) is 11.8 Å². The molecule has 10 heteroatoms. The number of ether oxygens (including phenoxy) is 1. The molecule has 0 bridgehead atoms. The molecule has 9 nitrogen and oxygen atoms in total. The SMILES string of the molecule is CCOC(=O)c1ccc(NC(=O)CSc2nnc(Cn3cnc4ccccc43)n2C)cc1. The van der Waals surface area contributed by atoms with Crippen molar-refractivity contribution in [2.24, 2.45) is 7.05 Å². The molecule has 0 atom stereocenters. The molecule has 0 saturated carbocycles. The van der Waals surface area contributed by atoms with Gasteiger partial charge in [0, 0.05) is 12.7 Å². The van der Waals surface area contributed by atoms with Gasteiger partial charge >= 0.3 is 5.97 Å². The lowest BCUT2D eigenvalue weighted by molar-refractivity contribution is -0.113. The molecule has 0 spiro atoms. The van der Waals surface area contributed by atoms with Crippen LogP contribution in [0.3, 0.4) is 0 Å². The van der Waals surface area contributed by atoms with Gasteiger partial charge < -0.3 is 19.2 Å². The topological polar surface area (TPSA) is 104 Å². The van der Waals surface area contributed by atoms with E-state index in [-0.39, 0.29) is 17.6 Å². The molecule has 0 radical (unpaired) electrons. The molecule has 0 fully saturated rings. The molecule has 164 valence electrons. The smallest absolute Gasteiger partial charge is 0.338 e. The predicted molar refractivity (Wildman–Crippen MR) is 122 cm³/mol. The molecule has 2 heterocycles. The first-order valence-electron chi connectivity index (χ1n) is 10.0. The second-order valence-corrected chi connectivity index (χ2v) is 7.90. The second-order valence-electron chi connectivity index (χ2n) is 6.95. The third kappa shape index (κ3) is 4.80. The number of anilines is 1. The Labute approximate surface area is 188 Å². The van der Waals surface area contributed by atoms with Gasteiger partial charge in [0.25, 0.3) is 0 Å². The number of thioether (sulfide) groups is 1. The minimum absolute atomic E-state index is 0.177. The highest BCUT2D eigenvalue weighted by Crippen LogP contribution is 2.19. The van der Waals surface area contributed by atoms with Crippen LogP contribution in [-0.2, 0) is 23.1 Å². The summed E-state index contributed by atoms with van der Waals surface area (Å²) in [5, 5.41) is 11.9. The van der Waals surface area contributed by atoms with Gasteiger partial charge in [-0.15, -0.1) is 10.2 Å². The number of nitrogens with one attached hydrogen (secondary N) is 1. The number of hydrogen-bond donors (Lipinski definition) is 1. The minimum atomic E-state index is -0.386. The van der Waals surface area contributed by atoms with E-state index < -0.39 is 0 Å². The van der Waals surface area contributed by atoms with Crippen LogP contribution in [0.2, 0.25) is 0 Å². The fourth-order valence-electron chi connectivity index (χ4n) is 3.13. The Balaban J connectivity index is 1.33. The van der Waals surface area contributed by atoms with Crippen molar-refractivity contribution in [3.05, 3.63) is 66.2 Å². The number of carbonyl (C=O) groups is 2. The number of hydrogen-bond acceptors (Lipinski definition) is 7. The fraction of sp³-hybridized carbons (Fsp3) is 0.227. The Bertz CT molecular complexity index is 1250. The van der Waals surface area contributed by atoms with E-state index >= 15 is 0 Å². The van der Waals surface area contributed by atoms with Gasteiger partial charge in [0.05, 0.1) is 41.8 Å². The minimum Gasteiger partial charge on any atom is -0.462 e. The van der Waals surface area contributed by atoms with E-state index in [0.29, 0.717) is 29.6 Å². The molecule has 0 aliphatic heterocycles. The van der Waals surface area contributed by atoms with Crippen molar-refractivity contribution in [2.75, 3.05) is 17.7 Å². The highest BCUT2D eigenvalue weighted by molar-refractivity contribution is 7.99. The van der Waals surface area contributed by atoms with Gasteiger partial charge in [-0.25, -0.2) is 9.78 Å². The number of amides is 1. The summed E-state index contributed by atoms with van der Waals surface area (Å²) in [7, 11) is 1.88. The van der Waals surface area contributed by atoms with E-state index in [2.05, 4.69) is 20.5 Å². The molecule has 2 aromatic carbocycles. The summed E-state index contributed by atoms with van der Waals surface area (Å²) < 4.78 is 8.84. The molecule has 0 unspecified atom stereocenters. The molecule has 4 aromatic rings. The highest BCUT2D eigenvalue weighted by Gasteiger charge is 2.13. The third-order valence-corrected chi connectivity index (χ3v) is 5.80. The first-order chi connectivity index (χ1) is 15.5. The molecule has 32 heavy (non-hydrogen) atoms. The number of fused-ring (bicyclic) bond motifs is 1. The van der Waals surface area contributed by atoms with Crippen molar-refractivity contribution >= 4 is 40.4 Å². The maximum absolute atomic E-state index is 12.3. The van der Waals surface area contributed by atoms with Crippen LogP contribution >= 0.6 is 11.8 Å². The Kier molecular flexibility index (Phi) is 6.50. The average Bonchev–Trinajstić information content (AvgIpc) is 3.37. The number of esters is 1. The van der Waals surface area contributed by atoms with Gasteiger partial charge in [-0.05, 0) is 43.3 Å². The lowest BCUT2D eigenvalue weighted by Gasteiger charge is -2.07. The molecular formula is C22H22N6O3S. The summed E-state index contributed by atoms with van der Waals surface area (Å²) in [4.78, 5) is 28.4. The Hall–Kier alpha value is -3.66. The molecule has 0 aliphatic rings. The standard InChI is InChI=1S/C22H22N6O3S/c1-3-31-21(30)15-8-10-16(11-9-15)24-20(29)13-32-22-26-25-19(27(22)2)12-28-14-23-17-6-4-5-7-18(17)28/h4-11,14H,3,12-13H2,1-2H3,(H,24,29). The molecule has 4 rings (SSSR count).